The van der Waals surface area contributed by atoms with Crippen molar-refractivity contribution in [3.05, 3.63) is 41.5 Å². The lowest BCUT2D eigenvalue weighted by atomic mass is 10.1. The second-order valence-corrected chi connectivity index (χ2v) is 8.04. The van der Waals surface area contributed by atoms with Gasteiger partial charge >= 0.3 is 0 Å². The quantitative estimate of drug-likeness (QED) is 0.570. The van der Waals surface area contributed by atoms with E-state index in [9.17, 15) is 4.79 Å². The van der Waals surface area contributed by atoms with Crippen LogP contribution in [0.3, 0.4) is 0 Å². The number of nitrogens with two attached hydrogens (primary N) is 1. The maximum absolute atomic E-state index is 12.1. The summed E-state index contributed by atoms with van der Waals surface area (Å²) in [6, 6.07) is 10.5. The smallest absolute Gasteiger partial charge is 0.223 e. The topological polar surface area (TPSA) is 77.0 Å². The first kappa shape index (κ1) is 17.2. The molecule has 0 spiro atoms. The Bertz CT molecular complexity index is 1190. The molecule has 5 rings (SSSR count). The molecule has 0 atom stereocenters. The van der Waals surface area contributed by atoms with Crippen LogP contribution >= 0.6 is 11.3 Å². The highest BCUT2D eigenvalue weighted by Gasteiger charge is 2.24. The van der Waals surface area contributed by atoms with Gasteiger partial charge in [0.05, 0.1) is 17.6 Å². The van der Waals surface area contributed by atoms with Crippen LogP contribution in [-0.4, -0.2) is 31.9 Å². The molecule has 28 heavy (non-hydrogen) atoms. The SMILES string of the molecule is CCn1c(CN2CCCC2=O)nc2c(N)nc3cc(-c4cccs4)ccc3c21. The summed E-state index contributed by atoms with van der Waals surface area (Å²) >= 11 is 1.71. The molecule has 142 valence electrons. The van der Waals surface area contributed by atoms with Crippen LogP contribution in [0.2, 0.25) is 0 Å². The number of hydrogen-bond acceptors (Lipinski definition) is 5. The molecule has 4 heterocycles. The molecule has 2 N–H and O–H groups in total. The summed E-state index contributed by atoms with van der Waals surface area (Å²) in [5, 5.41) is 3.11. The number of nitrogens with zero attached hydrogens (tertiary/aromatic N) is 4. The zero-order chi connectivity index (χ0) is 19.3. The highest BCUT2D eigenvalue weighted by Crippen LogP contribution is 2.33. The first-order chi connectivity index (χ1) is 13.7. The first-order valence-electron chi connectivity index (χ1n) is 9.55. The lowest BCUT2D eigenvalue weighted by Crippen LogP contribution is -2.25. The number of amides is 1. The minimum atomic E-state index is 0.200. The zero-order valence-electron chi connectivity index (χ0n) is 15.7. The van der Waals surface area contributed by atoms with Gasteiger partial charge in [0.2, 0.25) is 5.91 Å². The fourth-order valence-electron chi connectivity index (χ4n) is 4.06. The third kappa shape index (κ3) is 2.65. The number of nitrogen functional groups attached to an aromatic ring is 1. The molecule has 1 aromatic carbocycles. The van der Waals surface area contributed by atoms with Crippen molar-refractivity contribution in [3.63, 3.8) is 0 Å². The largest absolute Gasteiger partial charge is 0.382 e. The average Bonchev–Trinajstić information content (AvgIpc) is 3.42. The van der Waals surface area contributed by atoms with Gasteiger partial charge < -0.3 is 15.2 Å². The predicted molar refractivity (Wildman–Crippen MR) is 113 cm³/mol. The van der Waals surface area contributed by atoms with E-state index < -0.39 is 0 Å². The molecular weight excluding hydrogens is 370 g/mol. The van der Waals surface area contributed by atoms with Crippen LogP contribution in [0.4, 0.5) is 5.82 Å². The van der Waals surface area contributed by atoms with E-state index in [1.54, 1.807) is 11.3 Å². The van der Waals surface area contributed by atoms with Gasteiger partial charge in [-0.25, -0.2) is 9.97 Å². The van der Waals surface area contributed by atoms with Gasteiger partial charge in [-0.3, -0.25) is 4.79 Å². The van der Waals surface area contributed by atoms with Gasteiger partial charge in [0.1, 0.15) is 11.3 Å². The third-order valence-corrected chi connectivity index (χ3v) is 6.33. The standard InChI is InChI=1S/C21H21N5OS/c1-2-26-17(12-25-9-3-6-18(25)27)24-19-20(26)14-8-7-13(16-5-4-10-28-16)11-15(14)23-21(19)22/h4-5,7-8,10-11H,2-3,6,9,12H2,1H3,(H2,22,23). The molecule has 0 radical (unpaired) electrons. The number of imidazole rings is 1. The molecule has 1 amide bonds. The minimum absolute atomic E-state index is 0.200. The number of rotatable bonds is 4. The number of carbonyl (C=O) groups is 1. The number of anilines is 1. The molecule has 1 saturated heterocycles. The van der Waals surface area contributed by atoms with Gasteiger partial charge in [0.25, 0.3) is 0 Å². The summed E-state index contributed by atoms with van der Waals surface area (Å²) in [7, 11) is 0. The summed E-state index contributed by atoms with van der Waals surface area (Å²) in [5.41, 5.74) is 10.0. The van der Waals surface area contributed by atoms with Crippen LogP contribution in [0.1, 0.15) is 25.6 Å². The van der Waals surface area contributed by atoms with Crippen LogP contribution in [0.25, 0.3) is 32.4 Å². The number of likely N-dealkylation sites (tertiary alicyclic amines) is 1. The van der Waals surface area contributed by atoms with Crippen LogP contribution in [0.5, 0.6) is 0 Å². The van der Waals surface area contributed by atoms with E-state index in [4.69, 9.17) is 10.7 Å². The van der Waals surface area contributed by atoms with Gasteiger partial charge in [0, 0.05) is 29.8 Å². The number of pyridine rings is 1. The molecule has 1 aliphatic rings. The molecule has 3 aromatic heterocycles. The number of aromatic nitrogens is 3. The summed E-state index contributed by atoms with van der Waals surface area (Å²) in [4.78, 5) is 24.6. The van der Waals surface area contributed by atoms with Gasteiger partial charge in [0.15, 0.2) is 5.82 Å². The second-order valence-electron chi connectivity index (χ2n) is 7.09. The maximum atomic E-state index is 12.1. The number of carbonyl (C=O) groups excluding carboxylic acids is 1. The number of fused-ring (bicyclic) bond motifs is 3. The number of hydrogen-bond donors (Lipinski definition) is 1. The summed E-state index contributed by atoms with van der Waals surface area (Å²) in [6.07, 6.45) is 1.55. The van der Waals surface area contributed by atoms with Crippen molar-refractivity contribution >= 4 is 45.0 Å². The van der Waals surface area contributed by atoms with Crippen LogP contribution in [0, 0.1) is 0 Å². The Labute approximate surface area is 166 Å². The zero-order valence-corrected chi connectivity index (χ0v) is 16.5. The molecule has 1 fully saturated rings. The Morgan fingerprint density at radius 1 is 1.25 bits per heavy atom. The predicted octanol–water partition coefficient (Wildman–Crippen LogP) is 4.04. The molecular formula is C21H21N5OS. The Morgan fingerprint density at radius 3 is 2.86 bits per heavy atom. The Hall–Kier alpha value is -2.93. The summed E-state index contributed by atoms with van der Waals surface area (Å²) in [6.45, 7) is 4.18. The van der Waals surface area contributed by atoms with Crippen molar-refractivity contribution in [1.29, 1.82) is 0 Å². The van der Waals surface area contributed by atoms with Crippen molar-refractivity contribution in [2.75, 3.05) is 12.3 Å². The lowest BCUT2D eigenvalue weighted by molar-refractivity contribution is -0.128. The van der Waals surface area contributed by atoms with E-state index in [-0.39, 0.29) is 5.91 Å². The number of benzene rings is 1. The second kappa shape index (κ2) is 6.60. The minimum Gasteiger partial charge on any atom is -0.382 e. The van der Waals surface area contributed by atoms with E-state index in [1.807, 2.05) is 11.0 Å². The summed E-state index contributed by atoms with van der Waals surface area (Å²) < 4.78 is 2.17. The van der Waals surface area contributed by atoms with E-state index in [0.717, 1.165) is 52.8 Å². The molecule has 4 aromatic rings. The molecule has 0 bridgehead atoms. The number of aryl methyl sites for hydroxylation is 1. The molecule has 0 unspecified atom stereocenters. The van der Waals surface area contributed by atoms with Crippen molar-refractivity contribution in [3.8, 4) is 10.4 Å². The van der Waals surface area contributed by atoms with E-state index >= 15 is 0 Å². The molecule has 7 heteroatoms. The van der Waals surface area contributed by atoms with Gasteiger partial charge in [-0.1, -0.05) is 12.1 Å². The normalized spacial score (nSPS) is 14.6. The fourth-order valence-corrected chi connectivity index (χ4v) is 4.78. The maximum Gasteiger partial charge on any atom is 0.223 e. The molecule has 0 aliphatic carbocycles. The van der Waals surface area contributed by atoms with Crippen molar-refractivity contribution in [1.82, 2.24) is 19.4 Å². The Morgan fingerprint density at radius 2 is 2.14 bits per heavy atom. The molecule has 6 nitrogen and oxygen atoms in total. The first-order valence-corrected chi connectivity index (χ1v) is 10.4. The summed E-state index contributed by atoms with van der Waals surface area (Å²) in [5.74, 6) is 1.51. The number of thiophene rings is 1. The highest BCUT2D eigenvalue weighted by molar-refractivity contribution is 7.13. The molecule has 1 aliphatic heterocycles. The van der Waals surface area contributed by atoms with Crippen LogP contribution < -0.4 is 5.73 Å². The van der Waals surface area contributed by atoms with E-state index in [2.05, 4.69) is 46.1 Å². The van der Waals surface area contributed by atoms with Gasteiger partial charge in [-0.05, 0) is 42.5 Å². The molecule has 0 saturated carbocycles. The average molecular weight is 392 g/mol. The fraction of sp³-hybridized carbons (Fsp3) is 0.286. The van der Waals surface area contributed by atoms with Crippen molar-refractivity contribution < 1.29 is 4.79 Å². The van der Waals surface area contributed by atoms with Gasteiger partial charge in [-0.2, -0.15) is 0 Å². The van der Waals surface area contributed by atoms with Crippen LogP contribution in [0.15, 0.2) is 35.7 Å². The van der Waals surface area contributed by atoms with Crippen LogP contribution in [-0.2, 0) is 17.9 Å². The van der Waals surface area contributed by atoms with E-state index in [1.165, 1.54) is 4.88 Å². The lowest BCUT2D eigenvalue weighted by Gasteiger charge is -2.16. The third-order valence-electron chi connectivity index (χ3n) is 5.41. The Balaban J connectivity index is 1.69. The van der Waals surface area contributed by atoms with Gasteiger partial charge in [-0.15, -0.1) is 11.3 Å². The monoisotopic (exact) mass is 391 g/mol. The van der Waals surface area contributed by atoms with Crippen molar-refractivity contribution in [2.45, 2.75) is 32.9 Å². The van der Waals surface area contributed by atoms with Crippen molar-refractivity contribution in [2.24, 2.45) is 0 Å². The Kier molecular flexibility index (Phi) is 4.05. The highest BCUT2D eigenvalue weighted by atomic mass is 32.1. The van der Waals surface area contributed by atoms with E-state index in [0.29, 0.717) is 18.8 Å².